The molecule has 1 aromatic carbocycles. The summed E-state index contributed by atoms with van der Waals surface area (Å²) in [4.78, 5) is 12.3. The molecule has 24 heavy (non-hydrogen) atoms. The Balaban J connectivity index is 1.81. The smallest absolute Gasteiger partial charge is 0.251 e. The Bertz CT molecular complexity index is 515. The zero-order valence-electron chi connectivity index (χ0n) is 14.8. The first kappa shape index (κ1) is 19.0. The van der Waals surface area contributed by atoms with Gasteiger partial charge in [0, 0.05) is 23.1 Å². The maximum atomic E-state index is 12.3. The summed E-state index contributed by atoms with van der Waals surface area (Å²) in [7, 11) is 0. The number of thioether (sulfide) groups is 1. The van der Waals surface area contributed by atoms with Gasteiger partial charge in [0.15, 0.2) is 11.5 Å². The van der Waals surface area contributed by atoms with Gasteiger partial charge in [0.2, 0.25) is 0 Å². The number of rotatable bonds is 9. The molecular weight excluding hydrogens is 322 g/mol. The Hall–Kier alpha value is -1.36. The van der Waals surface area contributed by atoms with E-state index in [2.05, 4.69) is 5.32 Å². The molecule has 0 radical (unpaired) electrons. The largest absolute Gasteiger partial charge is 0.490 e. The first-order valence-corrected chi connectivity index (χ1v) is 10.1. The van der Waals surface area contributed by atoms with E-state index in [0.29, 0.717) is 36.8 Å². The Kier molecular flexibility index (Phi) is 8.29. The molecule has 0 aromatic heterocycles. The van der Waals surface area contributed by atoms with Crippen molar-refractivity contribution in [2.75, 3.05) is 25.5 Å². The van der Waals surface area contributed by atoms with Gasteiger partial charge in [-0.1, -0.05) is 19.3 Å². The zero-order valence-corrected chi connectivity index (χ0v) is 15.6. The van der Waals surface area contributed by atoms with Crippen LogP contribution in [0.1, 0.15) is 56.3 Å². The van der Waals surface area contributed by atoms with Gasteiger partial charge in [-0.05, 0) is 44.9 Å². The molecule has 0 unspecified atom stereocenters. The lowest BCUT2D eigenvalue weighted by Gasteiger charge is -2.20. The van der Waals surface area contributed by atoms with Gasteiger partial charge in [0.1, 0.15) is 0 Å². The van der Waals surface area contributed by atoms with Crippen LogP contribution < -0.4 is 14.8 Å². The molecular formula is C19H29NO3S. The van der Waals surface area contributed by atoms with Gasteiger partial charge in [0.25, 0.3) is 5.91 Å². The summed E-state index contributed by atoms with van der Waals surface area (Å²) in [6, 6.07) is 5.36. The fourth-order valence-corrected chi connectivity index (χ4v) is 4.14. The minimum absolute atomic E-state index is 0.0526. The normalized spacial score (nSPS) is 15.1. The van der Waals surface area contributed by atoms with Crippen LogP contribution in [0.4, 0.5) is 0 Å². The van der Waals surface area contributed by atoms with Crippen LogP contribution in [0.15, 0.2) is 18.2 Å². The highest BCUT2D eigenvalue weighted by Gasteiger charge is 2.14. The second kappa shape index (κ2) is 10.5. The molecule has 1 aliphatic carbocycles. The number of benzene rings is 1. The van der Waals surface area contributed by atoms with E-state index in [1.54, 1.807) is 18.2 Å². The average molecular weight is 352 g/mol. The summed E-state index contributed by atoms with van der Waals surface area (Å²) in [6.45, 7) is 5.68. The molecule has 0 heterocycles. The third-order valence-electron chi connectivity index (χ3n) is 4.10. The molecule has 1 aliphatic rings. The van der Waals surface area contributed by atoms with E-state index in [-0.39, 0.29) is 5.91 Å². The zero-order chi connectivity index (χ0) is 17.2. The van der Waals surface area contributed by atoms with Crippen LogP contribution in [-0.4, -0.2) is 36.7 Å². The quantitative estimate of drug-likeness (QED) is 0.675. The van der Waals surface area contributed by atoms with Gasteiger partial charge in [0.05, 0.1) is 13.2 Å². The lowest BCUT2D eigenvalue weighted by Crippen LogP contribution is -2.26. The highest BCUT2D eigenvalue weighted by molar-refractivity contribution is 7.99. The molecule has 0 atom stereocenters. The van der Waals surface area contributed by atoms with Crippen molar-refractivity contribution in [3.8, 4) is 11.5 Å². The van der Waals surface area contributed by atoms with Crippen molar-refractivity contribution in [1.29, 1.82) is 0 Å². The van der Waals surface area contributed by atoms with E-state index in [1.165, 1.54) is 32.1 Å². The van der Waals surface area contributed by atoms with Crippen molar-refractivity contribution in [2.24, 2.45) is 0 Å². The molecule has 2 rings (SSSR count). The maximum Gasteiger partial charge on any atom is 0.251 e. The third-order valence-corrected chi connectivity index (χ3v) is 5.48. The first-order chi connectivity index (χ1) is 11.7. The third kappa shape index (κ3) is 5.93. The second-order valence-corrected chi connectivity index (χ2v) is 7.32. The average Bonchev–Trinajstić information content (AvgIpc) is 2.61. The van der Waals surface area contributed by atoms with Crippen molar-refractivity contribution < 1.29 is 14.3 Å². The van der Waals surface area contributed by atoms with Gasteiger partial charge in [-0.2, -0.15) is 11.8 Å². The molecule has 0 bridgehead atoms. The number of amides is 1. The van der Waals surface area contributed by atoms with E-state index in [9.17, 15) is 4.79 Å². The fraction of sp³-hybridized carbons (Fsp3) is 0.632. The fourth-order valence-electron chi connectivity index (χ4n) is 2.92. The van der Waals surface area contributed by atoms with Gasteiger partial charge < -0.3 is 14.8 Å². The van der Waals surface area contributed by atoms with E-state index in [4.69, 9.17) is 9.47 Å². The van der Waals surface area contributed by atoms with Crippen molar-refractivity contribution in [2.45, 2.75) is 51.2 Å². The molecule has 0 spiro atoms. The molecule has 1 N–H and O–H groups in total. The highest BCUT2D eigenvalue weighted by atomic mass is 32.2. The van der Waals surface area contributed by atoms with Crippen molar-refractivity contribution in [3.05, 3.63) is 23.8 Å². The lowest BCUT2D eigenvalue weighted by molar-refractivity contribution is 0.0955. The molecule has 5 heteroatoms. The molecule has 1 fully saturated rings. The second-order valence-electron chi connectivity index (χ2n) is 5.91. The van der Waals surface area contributed by atoms with E-state index in [1.807, 2.05) is 25.6 Å². The van der Waals surface area contributed by atoms with Crippen molar-refractivity contribution in [1.82, 2.24) is 5.32 Å². The predicted molar refractivity (Wildman–Crippen MR) is 100 cm³/mol. The highest BCUT2D eigenvalue weighted by Crippen LogP contribution is 2.29. The molecule has 1 saturated carbocycles. The van der Waals surface area contributed by atoms with Gasteiger partial charge in [-0.3, -0.25) is 4.79 Å². The van der Waals surface area contributed by atoms with Gasteiger partial charge in [-0.25, -0.2) is 0 Å². The Morgan fingerprint density at radius 2 is 1.83 bits per heavy atom. The number of carbonyl (C=O) groups excluding carboxylic acids is 1. The Labute approximate surface area is 149 Å². The number of hydrogen-bond acceptors (Lipinski definition) is 4. The minimum Gasteiger partial charge on any atom is -0.490 e. The van der Waals surface area contributed by atoms with Crippen molar-refractivity contribution >= 4 is 17.7 Å². The standard InChI is InChI=1S/C19H29NO3S/c1-3-22-17-11-10-15(14-18(17)23-4-2)19(21)20-12-13-24-16-8-6-5-7-9-16/h10-11,14,16H,3-9,12-13H2,1-2H3,(H,20,21). The summed E-state index contributed by atoms with van der Waals surface area (Å²) in [5, 5.41) is 3.79. The van der Waals surface area contributed by atoms with E-state index >= 15 is 0 Å². The van der Waals surface area contributed by atoms with E-state index < -0.39 is 0 Å². The van der Waals surface area contributed by atoms with Gasteiger partial charge in [-0.15, -0.1) is 0 Å². The van der Waals surface area contributed by atoms with Crippen LogP contribution >= 0.6 is 11.8 Å². The molecule has 0 aliphatic heterocycles. The summed E-state index contributed by atoms with van der Waals surface area (Å²) < 4.78 is 11.1. The lowest BCUT2D eigenvalue weighted by atomic mass is 10.0. The summed E-state index contributed by atoms with van der Waals surface area (Å²) in [5.74, 6) is 2.24. The van der Waals surface area contributed by atoms with Gasteiger partial charge >= 0.3 is 0 Å². The number of hydrogen-bond donors (Lipinski definition) is 1. The number of ether oxygens (including phenoxy) is 2. The monoisotopic (exact) mass is 351 g/mol. The summed E-state index contributed by atoms with van der Waals surface area (Å²) in [6.07, 6.45) is 6.75. The van der Waals surface area contributed by atoms with Crippen LogP contribution in [-0.2, 0) is 0 Å². The molecule has 4 nitrogen and oxygen atoms in total. The van der Waals surface area contributed by atoms with Crippen LogP contribution in [0.5, 0.6) is 11.5 Å². The van der Waals surface area contributed by atoms with Crippen LogP contribution in [0.2, 0.25) is 0 Å². The molecule has 0 saturated heterocycles. The minimum atomic E-state index is -0.0526. The number of carbonyl (C=O) groups is 1. The SMILES string of the molecule is CCOc1ccc(C(=O)NCCSC2CCCCC2)cc1OCC. The maximum absolute atomic E-state index is 12.3. The van der Waals surface area contributed by atoms with E-state index in [0.717, 1.165) is 11.0 Å². The van der Waals surface area contributed by atoms with Crippen LogP contribution in [0.25, 0.3) is 0 Å². The Morgan fingerprint density at radius 1 is 1.12 bits per heavy atom. The Morgan fingerprint density at radius 3 is 2.54 bits per heavy atom. The van der Waals surface area contributed by atoms with Crippen molar-refractivity contribution in [3.63, 3.8) is 0 Å². The topological polar surface area (TPSA) is 47.6 Å². The summed E-state index contributed by atoms with van der Waals surface area (Å²) >= 11 is 2.00. The predicted octanol–water partition coefficient (Wildman–Crippen LogP) is 4.28. The number of nitrogens with one attached hydrogen (secondary N) is 1. The molecule has 1 aromatic rings. The first-order valence-electron chi connectivity index (χ1n) is 9.04. The van der Waals surface area contributed by atoms with Crippen LogP contribution in [0.3, 0.4) is 0 Å². The molecule has 1 amide bonds. The van der Waals surface area contributed by atoms with Crippen LogP contribution in [0, 0.1) is 0 Å². The summed E-state index contributed by atoms with van der Waals surface area (Å²) in [5.41, 5.74) is 0.615. The molecule has 134 valence electrons.